The molecular weight excluding hydrogens is 296 g/mol. The van der Waals surface area contributed by atoms with E-state index in [2.05, 4.69) is 5.10 Å². The zero-order valence-electron chi connectivity index (χ0n) is 13.3. The van der Waals surface area contributed by atoms with E-state index >= 15 is 0 Å². The van der Waals surface area contributed by atoms with Crippen LogP contribution < -0.4 is 0 Å². The Hall–Kier alpha value is -2.63. The normalized spacial score (nSPS) is 10.3. The van der Waals surface area contributed by atoms with Gasteiger partial charge in [0.25, 0.3) is 0 Å². The second-order valence-corrected chi connectivity index (χ2v) is 5.03. The molecule has 0 radical (unpaired) electrons. The van der Waals surface area contributed by atoms with Crippen LogP contribution >= 0.6 is 0 Å². The third-order valence-corrected chi connectivity index (χ3v) is 3.59. The van der Waals surface area contributed by atoms with Crippen molar-refractivity contribution in [3.8, 4) is 5.69 Å². The fourth-order valence-corrected chi connectivity index (χ4v) is 2.42. The first kappa shape index (κ1) is 16.7. The fraction of sp³-hybridized carbons (Fsp3) is 0.353. The van der Waals surface area contributed by atoms with Gasteiger partial charge < -0.3 is 9.47 Å². The number of hydrogen-bond acceptors (Lipinski definition) is 5. The summed E-state index contributed by atoms with van der Waals surface area (Å²) in [5, 5.41) is 4.29. The van der Waals surface area contributed by atoms with Gasteiger partial charge in [0.05, 0.1) is 19.9 Å². The zero-order valence-corrected chi connectivity index (χ0v) is 13.3. The number of hydrogen-bond donors (Lipinski definition) is 0. The number of carbonyl (C=O) groups excluding carboxylic acids is 2. The first-order chi connectivity index (χ1) is 11.2. The molecule has 2 rings (SSSR count). The summed E-state index contributed by atoms with van der Waals surface area (Å²) in [7, 11) is 2.76. The van der Waals surface area contributed by atoms with Crippen molar-refractivity contribution < 1.29 is 19.1 Å². The van der Waals surface area contributed by atoms with Crippen LogP contribution in [-0.4, -0.2) is 35.9 Å². The Balaban J connectivity index is 2.30. The lowest BCUT2D eigenvalue weighted by atomic mass is 9.99. The molecule has 0 bridgehead atoms. The lowest BCUT2D eigenvalue weighted by Crippen LogP contribution is -2.10. The van der Waals surface area contributed by atoms with E-state index in [1.165, 1.54) is 14.2 Å². The highest BCUT2D eigenvalue weighted by atomic mass is 16.5. The largest absolute Gasteiger partial charge is 0.469 e. The van der Waals surface area contributed by atoms with Crippen molar-refractivity contribution in [3.05, 3.63) is 47.8 Å². The maximum Gasteiger partial charge on any atom is 0.305 e. The van der Waals surface area contributed by atoms with Crippen LogP contribution in [0.4, 0.5) is 0 Å². The molecule has 0 saturated carbocycles. The molecule has 0 fully saturated rings. The van der Waals surface area contributed by atoms with Gasteiger partial charge in [-0.15, -0.1) is 0 Å². The van der Waals surface area contributed by atoms with E-state index in [0.29, 0.717) is 25.7 Å². The van der Waals surface area contributed by atoms with Gasteiger partial charge in [0.2, 0.25) is 0 Å². The molecule has 6 nitrogen and oxygen atoms in total. The van der Waals surface area contributed by atoms with Crippen molar-refractivity contribution >= 4 is 11.9 Å². The van der Waals surface area contributed by atoms with Gasteiger partial charge in [0.15, 0.2) is 0 Å². The molecule has 1 aromatic carbocycles. The third-order valence-electron chi connectivity index (χ3n) is 3.59. The number of nitrogens with zero attached hydrogens (tertiary/aromatic N) is 2. The molecular formula is C17H20N2O4. The molecule has 0 aliphatic heterocycles. The summed E-state index contributed by atoms with van der Waals surface area (Å²) in [6.45, 7) is 0. The van der Waals surface area contributed by atoms with Gasteiger partial charge in [-0.05, 0) is 30.0 Å². The molecule has 1 heterocycles. The monoisotopic (exact) mass is 316 g/mol. The second kappa shape index (κ2) is 8.12. The van der Waals surface area contributed by atoms with E-state index in [4.69, 9.17) is 9.47 Å². The highest BCUT2D eigenvalue weighted by Crippen LogP contribution is 2.22. The van der Waals surface area contributed by atoms with Gasteiger partial charge >= 0.3 is 11.9 Å². The minimum Gasteiger partial charge on any atom is -0.469 e. The number of rotatable bonds is 7. The van der Waals surface area contributed by atoms with E-state index in [-0.39, 0.29) is 11.9 Å². The van der Waals surface area contributed by atoms with Crippen LogP contribution in [-0.2, 0) is 31.9 Å². The van der Waals surface area contributed by atoms with E-state index in [1.807, 2.05) is 30.5 Å². The van der Waals surface area contributed by atoms with Gasteiger partial charge in [-0.2, -0.15) is 5.10 Å². The van der Waals surface area contributed by atoms with Crippen molar-refractivity contribution in [2.45, 2.75) is 25.7 Å². The SMILES string of the molecule is COC(=O)CCc1cccc(CCC(=O)OC)c1-n1cccn1. The average molecular weight is 316 g/mol. The summed E-state index contributed by atoms with van der Waals surface area (Å²) in [4.78, 5) is 22.8. The molecule has 0 atom stereocenters. The lowest BCUT2D eigenvalue weighted by molar-refractivity contribution is -0.141. The number of para-hydroxylation sites is 1. The van der Waals surface area contributed by atoms with Gasteiger partial charge in [0.1, 0.15) is 0 Å². The number of benzene rings is 1. The predicted octanol–water partition coefficient (Wildman–Crippen LogP) is 2.08. The van der Waals surface area contributed by atoms with Crippen LogP contribution in [0.3, 0.4) is 0 Å². The van der Waals surface area contributed by atoms with Crippen molar-refractivity contribution in [1.29, 1.82) is 0 Å². The van der Waals surface area contributed by atoms with Crippen LogP contribution in [0.25, 0.3) is 5.69 Å². The average Bonchev–Trinajstić information content (AvgIpc) is 3.11. The Kier molecular flexibility index (Phi) is 5.91. The summed E-state index contributed by atoms with van der Waals surface area (Å²) in [5.41, 5.74) is 2.88. The van der Waals surface area contributed by atoms with Crippen molar-refractivity contribution in [2.24, 2.45) is 0 Å². The van der Waals surface area contributed by atoms with E-state index < -0.39 is 0 Å². The molecule has 23 heavy (non-hydrogen) atoms. The minimum atomic E-state index is -0.253. The second-order valence-electron chi connectivity index (χ2n) is 5.03. The quantitative estimate of drug-likeness (QED) is 0.731. The Morgan fingerprint density at radius 3 is 2.00 bits per heavy atom. The van der Waals surface area contributed by atoms with Crippen LogP contribution in [0.2, 0.25) is 0 Å². The number of ether oxygens (including phenoxy) is 2. The van der Waals surface area contributed by atoms with Crippen molar-refractivity contribution in [1.82, 2.24) is 9.78 Å². The molecule has 0 aliphatic rings. The highest BCUT2D eigenvalue weighted by molar-refractivity contribution is 5.70. The fourth-order valence-electron chi connectivity index (χ4n) is 2.42. The number of aromatic nitrogens is 2. The molecule has 0 saturated heterocycles. The van der Waals surface area contributed by atoms with Crippen LogP contribution in [0.5, 0.6) is 0 Å². The summed E-state index contributed by atoms with van der Waals surface area (Å²) in [6.07, 6.45) is 5.23. The van der Waals surface area contributed by atoms with Gasteiger partial charge in [-0.25, -0.2) is 4.68 Å². The molecule has 6 heteroatoms. The molecule has 2 aromatic rings. The zero-order chi connectivity index (χ0) is 16.7. The van der Waals surface area contributed by atoms with E-state index in [0.717, 1.165) is 16.8 Å². The van der Waals surface area contributed by atoms with E-state index in [9.17, 15) is 9.59 Å². The molecule has 1 aromatic heterocycles. The summed E-state index contributed by atoms with van der Waals surface area (Å²) >= 11 is 0. The van der Waals surface area contributed by atoms with Crippen LogP contribution in [0.1, 0.15) is 24.0 Å². The van der Waals surface area contributed by atoms with Crippen molar-refractivity contribution in [3.63, 3.8) is 0 Å². The highest BCUT2D eigenvalue weighted by Gasteiger charge is 2.14. The standard InChI is InChI=1S/C17H20N2O4/c1-22-15(20)9-7-13-5-3-6-14(8-10-16(21)23-2)17(13)19-12-4-11-18-19/h3-6,11-12H,7-10H2,1-2H3. The van der Waals surface area contributed by atoms with Gasteiger partial charge in [-0.1, -0.05) is 18.2 Å². The number of carbonyl (C=O) groups is 2. The Labute approximate surface area is 135 Å². The molecule has 0 unspecified atom stereocenters. The lowest BCUT2D eigenvalue weighted by Gasteiger charge is -2.14. The first-order valence-corrected chi connectivity index (χ1v) is 7.40. The minimum absolute atomic E-state index is 0.253. The summed E-state index contributed by atoms with van der Waals surface area (Å²) < 4.78 is 11.2. The maximum atomic E-state index is 11.4. The van der Waals surface area contributed by atoms with Gasteiger partial charge in [0, 0.05) is 25.2 Å². The Morgan fingerprint density at radius 2 is 1.57 bits per heavy atom. The summed E-state index contributed by atoms with van der Waals surface area (Å²) in [6, 6.07) is 7.68. The summed E-state index contributed by atoms with van der Waals surface area (Å²) in [5.74, 6) is -0.507. The molecule has 0 spiro atoms. The smallest absolute Gasteiger partial charge is 0.305 e. The van der Waals surface area contributed by atoms with Crippen LogP contribution in [0, 0.1) is 0 Å². The number of aryl methyl sites for hydroxylation is 2. The Bertz CT molecular complexity index is 627. The van der Waals surface area contributed by atoms with Crippen molar-refractivity contribution in [2.75, 3.05) is 14.2 Å². The predicted molar refractivity (Wildman–Crippen MR) is 84.2 cm³/mol. The molecule has 122 valence electrons. The number of methoxy groups -OCH3 is 2. The van der Waals surface area contributed by atoms with Crippen LogP contribution in [0.15, 0.2) is 36.7 Å². The first-order valence-electron chi connectivity index (χ1n) is 7.40. The Morgan fingerprint density at radius 1 is 1.00 bits per heavy atom. The third kappa shape index (κ3) is 4.42. The topological polar surface area (TPSA) is 70.4 Å². The van der Waals surface area contributed by atoms with E-state index in [1.54, 1.807) is 10.9 Å². The molecule has 0 N–H and O–H groups in total. The van der Waals surface area contributed by atoms with Gasteiger partial charge in [-0.3, -0.25) is 9.59 Å². The number of esters is 2. The maximum absolute atomic E-state index is 11.4. The molecule has 0 amide bonds. The molecule has 0 aliphatic carbocycles.